The summed E-state index contributed by atoms with van der Waals surface area (Å²) in [7, 11) is 0. The first kappa shape index (κ1) is 20.5. The van der Waals surface area contributed by atoms with E-state index in [0.717, 1.165) is 12.0 Å². The molecule has 0 bridgehead atoms. The summed E-state index contributed by atoms with van der Waals surface area (Å²) in [5, 5.41) is 0. The fraction of sp³-hybridized carbons (Fsp3) is 0.538. The maximum Gasteiger partial charge on any atom is 0.373 e. The molecular formula is C13H20O4. The molecule has 96 valence electrons. The molecule has 0 aromatic carbocycles. The summed E-state index contributed by atoms with van der Waals surface area (Å²) < 4.78 is 4.64. The van der Waals surface area contributed by atoms with E-state index in [9.17, 15) is 4.79 Å². The lowest BCUT2D eigenvalue weighted by Gasteiger charge is -1.94. The van der Waals surface area contributed by atoms with Crippen LogP contribution in [0.2, 0.25) is 0 Å². The van der Waals surface area contributed by atoms with Crippen molar-refractivity contribution in [2.75, 3.05) is 6.61 Å². The van der Waals surface area contributed by atoms with Crippen molar-refractivity contribution in [2.45, 2.75) is 41.0 Å². The lowest BCUT2D eigenvalue weighted by molar-refractivity contribution is -0.191. The molecule has 0 rings (SSSR count). The highest BCUT2D eigenvalue weighted by Gasteiger charge is 1.92. The Morgan fingerprint density at radius 3 is 1.88 bits per heavy atom. The number of hydrogen-bond acceptors (Lipinski definition) is 4. The number of esters is 1. The van der Waals surface area contributed by atoms with E-state index >= 15 is 0 Å². The highest BCUT2D eigenvalue weighted by atomic mass is 16.5. The van der Waals surface area contributed by atoms with Crippen LogP contribution in [0.3, 0.4) is 0 Å². The van der Waals surface area contributed by atoms with E-state index in [0.29, 0.717) is 6.61 Å². The van der Waals surface area contributed by atoms with Gasteiger partial charge in [-0.2, -0.15) is 9.59 Å². The maximum atomic E-state index is 10.6. The summed E-state index contributed by atoms with van der Waals surface area (Å²) in [5.41, 5.74) is 0.966. The summed E-state index contributed by atoms with van der Waals surface area (Å²) in [6.45, 7) is 9.84. The van der Waals surface area contributed by atoms with E-state index in [1.165, 1.54) is 6.08 Å². The summed E-state index contributed by atoms with van der Waals surface area (Å²) in [4.78, 5) is 26.8. The van der Waals surface area contributed by atoms with E-state index in [2.05, 4.69) is 16.6 Å². The molecule has 0 saturated heterocycles. The normalized spacial score (nSPS) is 6.41. The molecule has 0 aliphatic rings. The van der Waals surface area contributed by atoms with Gasteiger partial charge in [0.2, 0.25) is 0 Å². The van der Waals surface area contributed by atoms with Gasteiger partial charge in [-0.05, 0) is 27.7 Å². The number of carbonyl (C=O) groups excluding carboxylic acids is 3. The van der Waals surface area contributed by atoms with Gasteiger partial charge in [0.15, 0.2) is 0 Å². The Kier molecular flexibility index (Phi) is 23.8. The third-order valence-electron chi connectivity index (χ3n) is 1.05. The first-order valence-electron chi connectivity index (χ1n) is 5.20. The second-order valence-corrected chi connectivity index (χ2v) is 2.84. The van der Waals surface area contributed by atoms with Crippen LogP contribution in [0.5, 0.6) is 0 Å². The first-order chi connectivity index (χ1) is 7.99. The van der Waals surface area contributed by atoms with Crippen LogP contribution >= 0.6 is 0 Å². The molecule has 0 atom stereocenters. The third-order valence-corrected chi connectivity index (χ3v) is 1.05. The Morgan fingerprint density at radius 2 is 1.71 bits per heavy atom. The zero-order valence-corrected chi connectivity index (χ0v) is 11.1. The minimum atomic E-state index is -0.252. The van der Waals surface area contributed by atoms with Gasteiger partial charge in [-0.1, -0.05) is 12.5 Å². The van der Waals surface area contributed by atoms with Gasteiger partial charge in [0, 0.05) is 12.5 Å². The van der Waals surface area contributed by atoms with Crippen LogP contribution in [0.4, 0.5) is 0 Å². The molecule has 0 aromatic heterocycles. The van der Waals surface area contributed by atoms with E-state index in [1.807, 2.05) is 27.7 Å². The summed E-state index contributed by atoms with van der Waals surface area (Å²) in [6, 6.07) is 0. The highest BCUT2D eigenvalue weighted by molar-refractivity contribution is 5.82. The topological polar surface area (TPSA) is 60.4 Å². The fourth-order valence-corrected chi connectivity index (χ4v) is 0.596. The molecule has 0 saturated carbocycles. The van der Waals surface area contributed by atoms with Gasteiger partial charge in [-0.3, -0.25) is 0 Å². The molecule has 0 amide bonds. The van der Waals surface area contributed by atoms with Crippen LogP contribution in [-0.2, 0) is 19.1 Å². The number of carbonyl (C=O) groups is 1. The van der Waals surface area contributed by atoms with Gasteiger partial charge in [0.05, 0.1) is 6.61 Å². The zero-order chi connectivity index (χ0) is 14.1. The SMILES string of the molecule is CC#CCC.CCOC(=O)C=C(C)C.O=C=O. The lowest BCUT2D eigenvalue weighted by Crippen LogP contribution is -1.99. The molecule has 0 N–H and O–H groups in total. The average Bonchev–Trinajstić information content (AvgIpc) is 2.20. The van der Waals surface area contributed by atoms with Crippen molar-refractivity contribution < 1.29 is 19.1 Å². The first-order valence-corrected chi connectivity index (χ1v) is 5.20. The Balaban J connectivity index is -0.000000207. The van der Waals surface area contributed by atoms with Gasteiger partial charge in [-0.25, -0.2) is 4.79 Å². The molecule has 4 nitrogen and oxygen atoms in total. The minimum absolute atomic E-state index is 0.250. The molecule has 0 spiro atoms. The van der Waals surface area contributed by atoms with Crippen molar-refractivity contribution in [3.05, 3.63) is 11.6 Å². The van der Waals surface area contributed by atoms with Gasteiger partial charge < -0.3 is 4.74 Å². The Morgan fingerprint density at radius 1 is 1.24 bits per heavy atom. The van der Waals surface area contributed by atoms with Crippen LogP contribution in [0.25, 0.3) is 0 Å². The Hall–Kier alpha value is -1.85. The second-order valence-electron chi connectivity index (χ2n) is 2.84. The van der Waals surface area contributed by atoms with Crippen molar-refractivity contribution in [3.63, 3.8) is 0 Å². The van der Waals surface area contributed by atoms with E-state index in [1.54, 1.807) is 6.92 Å². The standard InChI is InChI=1S/C7H12O2.C5H8.CO2/c1-4-9-7(8)5-6(2)3;1-3-5-4-2;2-1-3/h5H,4H2,1-3H3;3H2,1-2H3;. The minimum Gasteiger partial charge on any atom is -0.463 e. The molecule has 0 unspecified atom stereocenters. The van der Waals surface area contributed by atoms with Gasteiger partial charge in [0.1, 0.15) is 0 Å². The van der Waals surface area contributed by atoms with E-state index in [-0.39, 0.29) is 12.1 Å². The molecule has 0 fully saturated rings. The van der Waals surface area contributed by atoms with E-state index in [4.69, 9.17) is 9.59 Å². The number of rotatable bonds is 2. The fourth-order valence-electron chi connectivity index (χ4n) is 0.596. The Labute approximate surface area is 103 Å². The average molecular weight is 240 g/mol. The summed E-state index contributed by atoms with van der Waals surface area (Å²) >= 11 is 0. The van der Waals surface area contributed by atoms with Gasteiger partial charge >= 0.3 is 12.1 Å². The van der Waals surface area contributed by atoms with Crippen molar-refractivity contribution in [1.29, 1.82) is 0 Å². The molecule has 0 aliphatic carbocycles. The number of hydrogen-bond donors (Lipinski definition) is 0. The maximum absolute atomic E-state index is 10.6. The molecule has 0 radical (unpaired) electrons. The van der Waals surface area contributed by atoms with Gasteiger partial charge in [-0.15, -0.1) is 11.8 Å². The molecule has 17 heavy (non-hydrogen) atoms. The van der Waals surface area contributed by atoms with Gasteiger partial charge in [0.25, 0.3) is 0 Å². The summed E-state index contributed by atoms with van der Waals surface area (Å²) in [5.74, 6) is 5.38. The smallest absolute Gasteiger partial charge is 0.373 e. The molecule has 0 heterocycles. The van der Waals surface area contributed by atoms with Crippen LogP contribution in [0.1, 0.15) is 41.0 Å². The van der Waals surface area contributed by atoms with Crippen molar-refractivity contribution >= 4 is 12.1 Å². The lowest BCUT2D eigenvalue weighted by atomic mass is 10.3. The molecule has 0 aliphatic heterocycles. The summed E-state index contributed by atoms with van der Waals surface area (Å²) in [6.07, 6.45) is 2.71. The van der Waals surface area contributed by atoms with Crippen molar-refractivity contribution in [1.82, 2.24) is 0 Å². The highest BCUT2D eigenvalue weighted by Crippen LogP contribution is 1.89. The largest absolute Gasteiger partial charge is 0.463 e. The Bertz CT molecular complexity index is 295. The number of allylic oxidation sites excluding steroid dienone is 1. The zero-order valence-electron chi connectivity index (χ0n) is 11.1. The van der Waals surface area contributed by atoms with Crippen molar-refractivity contribution in [2.24, 2.45) is 0 Å². The van der Waals surface area contributed by atoms with Crippen LogP contribution in [0, 0.1) is 11.8 Å². The predicted molar refractivity (Wildman–Crippen MR) is 64.8 cm³/mol. The number of ether oxygens (including phenoxy) is 1. The van der Waals surface area contributed by atoms with Crippen molar-refractivity contribution in [3.8, 4) is 11.8 Å². The second kappa shape index (κ2) is 19.7. The van der Waals surface area contributed by atoms with Crippen LogP contribution < -0.4 is 0 Å². The quantitative estimate of drug-likeness (QED) is 0.422. The predicted octanol–water partition coefficient (Wildman–Crippen LogP) is 2.35. The van der Waals surface area contributed by atoms with Crippen LogP contribution in [0.15, 0.2) is 11.6 Å². The van der Waals surface area contributed by atoms with E-state index < -0.39 is 0 Å². The monoisotopic (exact) mass is 240 g/mol. The van der Waals surface area contributed by atoms with Crippen LogP contribution in [-0.4, -0.2) is 18.7 Å². The third kappa shape index (κ3) is 40.9. The molecule has 0 aromatic rings. The molecular weight excluding hydrogens is 220 g/mol. The molecule has 4 heteroatoms.